The summed E-state index contributed by atoms with van der Waals surface area (Å²) in [6.07, 6.45) is 0. The molecule has 11 heteroatoms. The molecule has 0 bridgehead atoms. The van der Waals surface area contributed by atoms with Crippen molar-refractivity contribution < 1.29 is 19.4 Å². The van der Waals surface area contributed by atoms with Crippen molar-refractivity contribution in [3.63, 3.8) is 0 Å². The van der Waals surface area contributed by atoms with Crippen LogP contribution in [0.15, 0.2) is 58.4 Å². The number of carbonyl (C=O) groups is 2. The number of nitrogens with one attached hydrogen (secondary N) is 1. The average Bonchev–Trinajstić information content (AvgIpc) is 3.19. The number of carbonyl (C=O) groups excluding carboxylic acids is 1. The highest BCUT2D eigenvalue weighted by molar-refractivity contribution is 9.10. The Bertz CT molecular complexity index is 1430. The van der Waals surface area contributed by atoms with Gasteiger partial charge in [-0.25, -0.2) is 4.79 Å². The van der Waals surface area contributed by atoms with Crippen molar-refractivity contribution in [1.82, 2.24) is 14.8 Å². The fourth-order valence-corrected chi connectivity index (χ4v) is 4.93. The van der Waals surface area contributed by atoms with Gasteiger partial charge in [0, 0.05) is 5.39 Å². The number of nitrogens with zero attached hydrogens (tertiary/aromatic N) is 3. The van der Waals surface area contributed by atoms with Crippen LogP contribution in [0, 0.1) is 6.92 Å². The van der Waals surface area contributed by atoms with Crippen LogP contribution in [0.25, 0.3) is 16.5 Å². The number of aromatic carboxylic acids is 1. The zero-order chi connectivity index (χ0) is 24.4. The van der Waals surface area contributed by atoms with Gasteiger partial charge in [-0.2, -0.15) is 0 Å². The van der Waals surface area contributed by atoms with Gasteiger partial charge < -0.3 is 15.2 Å². The van der Waals surface area contributed by atoms with Crippen molar-refractivity contribution in [1.29, 1.82) is 0 Å². The number of rotatable bonds is 7. The molecule has 3 aromatic carbocycles. The zero-order valence-electron chi connectivity index (χ0n) is 18.0. The van der Waals surface area contributed by atoms with Crippen LogP contribution in [0.4, 0.5) is 5.69 Å². The fourth-order valence-electron chi connectivity index (χ4n) is 3.40. The molecule has 0 radical (unpaired) electrons. The lowest BCUT2D eigenvalue weighted by atomic mass is 10.0. The molecule has 1 aromatic heterocycles. The van der Waals surface area contributed by atoms with Gasteiger partial charge in [-0.15, -0.1) is 10.2 Å². The molecule has 0 aliphatic rings. The van der Waals surface area contributed by atoms with Crippen LogP contribution in [0.1, 0.15) is 15.9 Å². The number of aromatic nitrogens is 3. The van der Waals surface area contributed by atoms with Gasteiger partial charge >= 0.3 is 5.97 Å². The summed E-state index contributed by atoms with van der Waals surface area (Å²) in [6, 6.07) is 14.0. The molecular formula is C23H18BrClN4O4S. The first-order chi connectivity index (χ1) is 16.3. The first kappa shape index (κ1) is 24.1. The van der Waals surface area contributed by atoms with Crippen molar-refractivity contribution in [2.24, 2.45) is 0 Å². The zero-order valence-corrected chi connectivity index (χ0v) is 21.2. The highest BCUT2D eigenvalue weighted by atomic mass is 79.9. The van der Waals surface area contributed by atoms with Crippen LogP contribution < -0.4 is 10.1 Å². The molecule has 0 fully saturated rings. The van der Waals surface area contributed by atoms with E-state index in [1.807, 2.05) is 41.8 Å². The van der Waals surface area contributed by atoms with Gasteiger partial charge in [-0.1, -0.05) is 35.5 Å². The lowest BCUT2D eigenvalue weighted by Crippen LogP contribution is -2.15. The molecule has 34 heavy (non-hydrogen) atoms. The van der Waals surface area contributed by atoms with E-state index in [0.717, 1.165) is 27.8 Å². The highest BCUT2D eigenvalue weighted by Crippen LogP contribution is 2.33. The van der Waals surface area contributed by atoms with E-state index in [0.29, 0.717) is 15.6 Å². The number of amides is 1. The predicted octanol–water partition coefficient (Wildman–Crippen LogP) is 5.58. The van der Waals surface area contributed by atoms with Crippen LogP contribution in [0.2, 0.25) is 5.02 Å². The number of thioether (sulfide) groups is 1. The van der Waals surface area contributed by atoms with E-state index in [9.17, 15) is 9.59 Å². The largest absolute Gasteiger partial charge is 0.497 e. The number of hydrogen-bond donors (Lipinski definition) is 2. The maximum atomic E-state index is 12.6. The molecule has 4 rings (SSSR count). The second-order valence-electron chi connectivity index (χ2n) is 7.24. The van der Waals surface area contributed by atoms with Gasteiger partial charge in [-0.3, -0.25) is 9.36 Å². The minimum atomic E-state index is -1.10. The number of hydrogen-bond acceptors (Lipinski definition) is 6. The molecule has 2 N–H and O–H groups in total. The van der Waals surface area contributed by atoms with E-state index >= 15 is 0 Å². The van der Waals surface area contributed by atoms with E-state index in [4.69, 9.17) is 21.4 Å². The van der Waals surface area contributed by atoms with Crippen molar-refractivity contribution >= 4 is 67.6 Å². The molecule has 174 valence electrons. The summed E-state index contributed by atoms with van der Waals surface area (Å²) in [4.78, 5) is 23.6. The third-order valence-electron chi connectivity index (χ3n) is 5.08. The van der Waals surface area contributed by atoms with Crippen LogP contribution in [0.3, 0.4) is 0 Å². The Morgan fingerprint density at radius 3 is 2.65 bits per heavy atom. The van der Waals surface area contributed by atoms with Crippen molar-refractivity contribution in [3.8, 4) is 11.4 Å². The van der Waals surface area contributed by atoms with E-state index in [1.54, 1.807) is 7.11 Å². The van der Waals surface area contributed by atoms with Crippen LogP contribution >= 0.6 is 39.3 Å². The van der Waals surface area contributed by atoms with Crippen molar-refractivity contribution in [3.05, 3.63) is 69.4 Å². The molecule has 0 aliphatic heterocycles. The number of carboxylic acids is 1. The third kappa shape index (κ3) is 4.89. The number of aryl methyl sites for hydroxylation is 1. The van der Waals surface area contributed by atoms with Gasteiger partial charge in [0.25, 0.3) is 0 Å². The lowest BCUT2D eigenvalue weighted by Gasteiger charge is -2.14. The normalized spacial score (nSPS) is 10.9. The molecule has 1 heterocycles. The minimum Gasteiger partial charge on any atom is -0.497 e. The van der Waals surface area contributed by atoms with Gasteiger partial charge in [0.1, 0.15) is 5.75 Å². The highest BCUT2D eigenvalue weighted by Gasteiger charge is 2.18. The van der Waals surface area contributed by atoms with Crippen molar-refractivity contribution in [2.45, 2.75) is 12.1 Å². The number of ether oxygens (including phenoxy) is 1. The monoisotopic (exact) mass is 560 g/mol. The van der Waals surface area contributed by atoms with E-state index < -0.39 is 5.97 Å². The molecule has 0 saturated heterocycles. The summed E-state index contributed by atoms with van der Waals surface area (Å²) in [5, 5.41) is 22.8. The second kappa shape index (κ2) is 10.0. The molecule has 0 spiro atoms. The standard InChI is InChI=1S/C23H18BrClN4O4S/c1-12-3-8-19(16-10-14(33-2)5-6-15(12)16)29-22(24)27-28-23(29)34-11-20(30)26-18-7-4-13(21(31)32)9-17(18)25/h3-10H,11H2,1-2H3,(H,26,30)(H,31,32). The Morgan fingerprint density at radius 2 is 1.94 bits per heavy atom. The lowest BCUT2D eigenvalue weighted by molar-refractivity contribution is -0.113. The Morgan fingerprint density at radius 1 is 1.15 bits per heavy atom. The summed E-state index contributed by atoms with van der Waals surface area (Å²) < 4.78 is 7.73. The van der Waals surface area contributed by atoms with Crippen LogP contribution in [-0.2, 0) is 4.79 Å². The van der Waals surface area contributed by atoms with E-state index in [1.165, 1.54) is 30.0 Å². The number of carboxylic acid groups (broad SMARTS) is 1. The van der Waals surface area contributed by atoms with Gasteiger partial charge in [-0.05, 0) is 70.2 Å². The molecule has 0 unspecified atom stereocenters. The summed E-state index contributed by atoms with van der Waals surface area (Å²) in [7, 11) is 1.62. The topological polar surface area (TPSA) is 106 Å². The Labute approximate surface area is 212 Å². The van der Waals surface area contributed by atoms with Gasteiger partial charge in [0.2, 0.25) is 10.6 Å². The fraction of sp³-hybridized carbons (Fsp3) is 0.130. The number of benzene rings is 3. The summed E-state index contributed by atoms with van der Waals surface area (Å²) in [6.45, 7) is 2.04. The van der Waals surface area contributed by atoms with Crippen LogP contribution in [0.5, 0.6) is 5.75 Å². The molecule has 4 aromatic rings. The maximum absolute atomic E-state index is 12.6. The SMILES string of the molecule is COc1ccc2c(C)ccc(-n3c(Br)nnc3SCC(=O)Nc3ccc(C(=O)O)cc3Cl)c2c1. The maximum Gasteiger partial charge on any atom is 0.335 e. The molecule has 0 saturated carbocycles. The third-order valence-corrected chi connectivity index (χ3v) is 6.83. The van der Waals surface area contributed by atoms with Crippen molar-refractivity contribution in [2.75, 3.05) is 18.2 Å². The minimum absolute atomic E-state index is 0.0370. The quantitative estimate of drug-likeness (QED) is 0.284. The first-order valence-corrected chi connectivity index (χ1v) is 12.1. The molecule has 0 atom stereocenters. The molecule has 1 amide bonds. The molecule has 0 aliphatic carbocycles. The number of halogens is 2. The Hall–Kier alpha value is -3.08. The van der Waals surface area contributed by atoms with Gasteiger partial charge in [0.05, 0.1) is 34.8 Å². The summed E-state index contributed by atoms with van der Waals surface area (Å²) >= 11 is 10.8. The first-order valence-electron chi connectivity index (χ1n) is 9.92. The second-order valence-corrected chi connectivity index (χ2v) is 9.30. The Kier molecular flexibility index (Phi) is 7.11. The average molecular weight is 562 g/mol. The summed E-state index contributed by atoms with van der Waals surface area (Å²) in [5.74, 6) is -0.657. The predicted molar refractivity (Wildman–Crippen MR) is 136 cm³/mol. The molecular weight excluding hydrogens is 544 g/mol. The Balaban J connectivity index is 1.58. The van der Waals surface area contributed by atoms with E-state index in [2.05, 4.69) is 31.4 Å². The van der Waals surface area contributed by atoms with Crippen LogP contribution in [-0.4, -0.2) is 44.6 Å². The summed E-state index contributed by atoms with van der Waals surface area (Å²) in [5.41, 5.74) is 2.32. The number of anilines is 1. The number of methoxy groups -OCH3 is 1. The number of fused-ring (bicyclic) bond motifs is 1. The van der Waals surface area contributed by atoms with E-state index in [-0.39, 0.29) is 22.2 Å². The smallest absolute Gasteiger partial charge is 0.335 e. The van der Waals surface area contributed by atoms with Gasteiger partial charge in [0.15, 0.2) is 5.16 Å². The molecule has 8 nitrogen and oxygen atoms in total.